The van der Waals surface area contributed by atoms with Gasteiger partial charge in [0.25, 0.3) is 0 Å². The van der Waals surface area contributed by atoms with Crippen LogP contribution >= 0.6 is 0 Å². The molecule has 1 aromatic heterocycles. The first-order valence-corrected chi connectivity index (χ1v) is 7.12. The Morgan fingerprint density at radius 3 is 2.88 bits per heavy atom. The van der Waals surface area contributed by atoms with Crippen LogP contribution in [0.2, 0.25) is 0 Å². The van der Waals surface area contributed by atoms with Crippen LogP contribution in [0, 0.1) is 11.8 Å². The maximum atomic E-state index is 4.06. The standard InChI is InChI=1S/C14H23N3/c1-2-4-12-7-13(6-5-11(12)3-1)16-9-14-8-15-10-17-14/h8,10-13,16H,1-7,9H2,(H,15,17). The maximum absolute atomic E-state index is 4.06. The first-order chi connectivity index (χ1) is 8.42. The molecule has 2 fully saturated rings. The molecule has 0 radical (unpaired) electrons. The van der Waals surface area contributed by atoms with Gasteiger partial charge in [0.2, 0.25) is 0 Å². The number of imidazole rings is 1. The predicted molar refractivity (Wildman–Crippen MR) is 68.5 cm³/mol. The minimum Gasteiger partial charge on any atom is -0.347 e. The van der Waals surface area contributed by atoms with Crippen molar-refractivity contribution >= 4 is 0 Å². The quantitative estimate of drug-likeness (QED) is 0.843. The first kappa shape index (κ1) is 11.3. The Hall–Kier alpha value is -0.830. The number of rotatable bonds is 3. The molecule has 0 aromatic carbocycles. The normalized spacial score (nSPS) is 33.3. The van der Waals surface area contributed by atoms with Crippen LogP contribution in [-0.4, -0.2) is 16.0 Å². The van der Waals surface area contributed by atoms with Crippen LogP contribution in [0.15, 0.2) is 12.5 Å². The van der Waals surface area contributed by atoms with Crippen molar-refractivity contribution in [3.63, 3.8) is 0 Å². The average molecular weight is 233 g/mol. The second-order valence-corrected chi connectivity index (χ2v) is 5.77. The van der Waals surface area contributed by atoms with E-state index in [0.717, 1.165) is 24.4 Å². The third-order valence-corrected chi connectivity index (χ3v) is 4.68. The summed E-state index contributed by atoms with van der Waals surface area (Å²) in [6, 6.07) is 0.734. The number of aromatic nitrogens is 2. The SMILES string of the molecule is c1ncc(CNC2CCC3CCCCC3C2)[nH]1. The Labute approximate surface area is 103 Å². The third-order valence-electron chi connectivity index (χ3n) is 4.68. The molecule has 2 saturated carbocycles. The van der Waals surface area contributed by atoms with E-state index < -0.39 is 0 Å². The van der Waals surface area contributed by atoms with Crippen molar-refractivity contribution in [3.05, 3.63) is 18.2 Å². The summed E-state index contributed by atoms with van der Waals surface area (Å²) in [6.07, 6.45) is 13.8. The zero-order chi connectivity index (χ0) is 11.5. The van der Waals surface area contributed by atoms with Gasteiger partial charge in [-0.2, -0.15) is 0 Å². The molecule has 3 rings (SSSR count). The number of nitrogens with zero attached hydrogens (tertiary/aromatic N) is 1. The summed E-state index contributed by atoms with van der Waals surface area (Å²) in [5, 5.41) is 3.69. The smallest absolute Gasteiger partial charge is 0.0922 e. The van der Waals surface area contributed by atoms with Gasteiger partial charge in [0, 0.05) is 24.5 Å². The Bertz CT molecular complexity index is 333. The van der Waals surface area contributed by atoms with Crippen molar-refractivity contribution in [1.82, 2.24) is 15.3 Å². The number of fused-ring (bicyclic) bond motifs is 1. The van der Waals surface area contributed by atoms with Gasteiger partial charge >= 0.3 is 0 Å². The first-order valence-electron chi connectivity index (χ1n) is 7.12. The highest BCUT2D eigenvalue weighted by Crippen LogP contribution is 2.40. The van der Waals surface area contributed by atoms with Crippen molar-refractivity contribution in [2.75, 3.05) is 0 Å². The molecule has 2 aliphatic rings. The molecule has 3 atom stereocenters. The molecule has 3 heteroatoms. The van der Waals surface area contributed by atoms with E-state index in [2.05, 4.69) is 15.3 Å². The topological polar surface area (TPSA) is 40.7 Å². The van der Waals surface area contributed by atoms with Crippen LogP contribution in [0.1, 0.15) is 50.6 Å². The molecule has 1 heterocycles. The minimum atomic E-state index is 0.734. The summed E-state index contributed by atoms with van der Waals surface area (Å²) in [5.41, 5.74) is 1.20. The van der Waals surface area contributed by atoms with Crippen molar-refractivity contribution in [1.29, 1.82) is 0 Å². The lowest BCUT2D eigenvalue weighted by Gasteiger charge is -2.39. The Balaban J connectivity index is 1.48. The van der Waals surface area contributed by atoms with Gasteiger partial charge in [0.05, 0.1) is 6.33 Å². The second-order valence-electron chi connectivity index (χ2n) is 5.77. The van der Waals surface area contributed by atoms with E-state index in [1.54, 1.807) is 6.33 Å². The number of aromatic amines is 1. The molecule has 0 aliphatic heterocycles. The van der Waals surface area contributed by atoms with Crippen LogP contribution in [0.25, 0.3) is 0 Å². The van der Waals surface area contributed by atoms with E-state index >= 15 is 0 Å². The van der Waals surface area contributed by atoms with Crippen LogP contribution in [-0.2, 0) is 6.54 Å². The van der Waals surface area contributed by atoms with E-state index in [0.29, 0.717) is 0 Å². The third kappa shape index (κ3) is 2.71. The van der Waals surface area contributed by atoms with E-state index in [1.165, 1.54) is 50.6 Å². The van der Waals surface area contributed by atoms with Crippen molar-refractivity contribution in [2.45, 2.75) is 57.5 Å². The molecule has 0 saturated heterocycles. The molecule has 2 N–H and O–H groups in total. The zero-order valence-corrected chi connectivity index (χ0v) is 10.5. The van der Waals surface area contributed by atoms with Gasteiger partial charge in [-0.05, 0) is 31.1 Å². The van der Waals surface area contributed by atoms with Crippen molar-refractivity contribution in [2.24, 2.45) is 11.8 Å². The lowest BCUT2D eigenvalue weighted by atomic mass is 9.69. The summed E-state index contributed by atoms with van der Waals surface area (Å²) < 4.78 is 0. The van der Waals surface area contributed by atoms with Gasteiger partial charge in [-0.1, -0.05) is 25.7 Å². The van der Waals surface area contributed by atoms with Crippen LogP contribution in [0.3, 0.4) is 0 Å². The van der Waals surface area contributed by atoms with Gasteiger partial charge < -0.3 is 10.3 Å². The van der Waals surface area contributed by atoms with E-state index in [9.17, 15) is 0 Å². The van der Waals surface area contributed by atoms with Crippen LogP contribution in [0.4, 0.5) is 0 Å². The molecule has 3 unspecified atom stereocenters. The number of nitrogens with one attached hydrogen (secondary N) is 2. The molecule has 0 bridgehead atoms. The largest absolute Gasteiger partial charge is 0.347 e. The molecule has 2 aliphatic carbocycles. The van der Waals surface area contributed by atoms with Gasteiger partial charge in [-0.15, -0.1) is 0 Å². The fourth-order valence-electron chi connectivity index (χ4n) is 3.69. The van der Waals surface area contributed by atoms with E-state index in [-0.39, 0.29) is 0 Å². The fourth-order valence-corrected chi connectivity index (χ4v) is 3.69. The van der Waals surface area contributed by atoms with Gasteiger partial charge in [0.15, 0.2) is 0 Å². The highest BCUT2D eigenvalue weighted by molar-refractivity contribution is 4.95. The minimum absolute atomic E-state index is 0.734. The lowest BCUT2D eigenvalue weighted by molar-refractivity contribution is 0.143. The zero-order valence-electron chi connectivity index (χ0n) is 10.5. The molecule has 94 valence electrons. The number of H-pyrrole nitrogens is 1. The predicted octanol–water partition coefficient (Wildman–Crippen LogP) is 2.86. The molecule has 17 heavy (non-hydrogen) atoms. The molecular formula is C14H23N3. The van der Waals surface area contributed by atoms with Crippen LogP contribution < -0.4 is 5.32 Å². The summed E-state index contributed by atoms with van der Waals surface area (Å²) in [4.78, 5) is 7.22. The molecule has 0 spiro atoms. The number of hydrogen-bond donors (Lipinski definition) is 2. The molecule has 3 nitrogen and oxygen atoms in total. The van der Waals surface area contributed by atoms with Gasteiger partial charge in [-0.3, -0.25) is 0 Å². The highest BCUT2D eigenvalue weighted by atomic mass is 15.0. The molecular weight excluding hydrogens is 210 g/mol. The van der Waals surface area contributed by atoms with Gasteiger partial charge in [0.1, 0.15) is 0 Å². The fraction of sp³-hybridized carbons (Fsp3) is 0.786. The Morgan fingerprint density at radius 2 is 2.06 bits per heavy atom. The highest BCUT2D eigenvalue weighted by Gasteiger charge is 2.31. The summed E-state index contributed by atoms with van der Waals surface area (Å²) in [7, 11) is 0. The molecule has 1 aromatic rings. The Morgan fingerprint density at radius 1 is 1.18 bits per heavy atom. The van der Waals surface area contributed by atoms with Crippen molar-refractivity contribution in [3.8, 4) is 0 Å². The number of hydrogen-bond acceptors (Lipinski definition) is 2. The van der Waals surface area contributed by atoms with E-state index in [1.807, 2.05) is 6.20 Å². The Kier molecular flexibility index (Phi) is 3.46. The van der Waals surface area contributed by atoms with Crippen molar-refractivity contribution < 1.29 is 0 Å². The monoisotopic (exact) mass is 233 g/mol. The maximum Gasteiger partial charge on any atom is 0.0922 e. The summed E-state index contributed by atoms with van der Waals surface area (Å²) in [5.74, 6) is 2.06. The van der Waals surface area contributed by atoms with Gasteiger partial charge in [-0.25, -0.2) is 4.98 Å². The average Bonchev–Trinajstić information content (AvgIpc) is 2.89. The summed E-state index contributed by atoms with van der Waals surface area (Å²) >= 11 is 0. The van der Waals surface area contributed by atoms with E-state index in [4.69, 9.17) is 0 Å². The lowest BCUT2D eigenvalue weighted by Crippen LogP contribution is -2.38. The summed E-state index contributed by atoms with van der Waals surface area (Å²) in [6.45, 7) is 0.946. The van der Waals surface area contributed by atoms with Crippen LogP contribution in [0.5, 0.6) is 0 Å². The second kappa shape index (κ2) is 5.21. The molecule has 0 amide bonds.